The molecule has 0 saturated carbocycles. The van der Waals surface area contributed by atoms with E-state index in [0.717, 1.165) is 0 Å². The van der Waals surface area contributed by atoms with Crippen molar-refractivity contribution < 1.29 is 13.9 Å². The second-order valence-electron chi connectivity index (χ2n) is 5.65. The van der Waals surface area contributed by atoms with E-state index >= 15 is 0 Å². The zero-order valence-corrected chi connectivity index (χ0v) is 16.2. The van der Waals surface area contributed by atoms with Gasteiger partial charge in [0.2, 0.25) is 5.91 Å². The molecule has 2 heterocycles. The van der Waals surface area contributed by atoms with Crippen LogP contribution in [0, 0.1) is 0 Å². The van der Waals surface area contributed by atoms with Gasteiger partial charge in [0.1, 0.15) is 5.76 Å². The van der Waals surface area contributed by atoms with Crippen LogP contribution in [0.15, 0.2) is 51.0 Å². The minimum Gasteiger partial charge on any atom is -0.467 e. The molecule has 0 spiro atoms. The van der Waals surface area contributed by atoms with Crippen LogP contribution in [0.5, 0.6) is 0 Å². The van der Waals surface area contributed by atoms with Crippen LogP contribution in [0.1, 0.15) is 5.76 Å². The lowest BCUT2D eigenvalue weighted by molar-refractivity contribution is -0.118. The number of nitrogens with zero attached hydrogens (tertiary/aromatic N) is 2. The Morgan fingerprint density at radius 2 is 2.26 bits per heavy atom. The van der Waals surface area contributed by atoms with Crippen LogP contribution in [0.25, 0.3) is 10.9 Å². The van der Waals surface area contributed by atoms with Gasteiger partial charge < -0.3 is 14.5 Å². The summed E-state index contributed by atoms with van der Waals surface area (Å²) in [6, 6.07) is 8.49. The molecule has 0 unspecified atom stereocenters. The van der Waals surface area contributed by atoms with E-state index < -0.39 is 0 Å². The van der Waals surface area contributed by atoms with Gasteiger partial charge in [-0.15, -0.1) is 0 Å². The van der Waals surface area contributed by atoms with Crippen molar-refractivity contribution in [3.8, 4) is 0 Å². The Labute approximate surface area is 164 Å². The summed E-state index contributed by atoms with van der Waals surface area (Å²) in [5.74, 6) is 0.602. The van der Waals surface area contributed by atoms with Gasteiger partial charge in [0.25, 0.3) is 5.56 Å². The molecule has 0 bridgehead atoms. The SMILES string of the molecule is COCCn1c(SCC(=O)NCc2ccco2)nc2cc(Cl)ccc2c1=O. The number of carbonyl (C=O) groups excluding carboxylic acids is 1. The van der Waals surface area contributed by atoms with Crippen molar-refractivity contribution in [2.24, 2.45) is 0 Å². The maximum atomic E-state index is 12.8. The zero-order valence-electron chi connectivity index (χ0n) is 14.6. The number of hydrogen-bond donors (Lipinski definition) is 1. The quantitative estimate of drug-likeness (QED) is 0.456. The smallest absolute Gasteiger partial charge is 0.262 e. The van der Waals surface area contributed by atoms with Crippen molar-refractivity contribution in [1.29, 1.82) is 0 Å². The summed E-state index contributed by atoms with van der Waals surface area (Å²) in [7, 11) is 1.56. The highest BCUT2D eigenvalue weighted by Gasteiger charge is 2.14. The van der Waals surface area contributed by atoms with E-state index in [2.05, 4.69) is 10.3 Å². The van der Waals surface area contributed by atoms with Gasteiger partial charge in [0, 0.05) is 12.1 Å². The Morgan fingerprint density at radius 1 is 1.41 bits per heavy atom. The molecule has 142 valence electrons. The van der Waals surface area contributed by atoms with E-state index in [1.807, 2.05) is 0 Å². The van der Waals surface area contributed by atoms with Gasteiger partial charge >= 0.3 is 0 Å². The van der Waals surface area contributed by atoms with Gasteiger partial charge in [0.15, 0.2) is 5.16 Å². The van der Waals surface area contributed by atoms with E-state index in [4.69, 9.17) is 20.8 Å². The van der Waals surface area contributed by atoms with Gasteiger partial charge in [-0.05, 0) is 30.3 Å². The lowest BCUT2D eigenvalue weighted by Gasteiger charge is -2.13. The van der Waals surface area contributed by atoms with Crippen LogP contribution in [0.4, 0.5) is 0 Å². The second-order valence-corrected chi connectivity index (χ2v) is 7.03. The van der Waals surface area contributed by atoms with E-state index in [1.54, 1.807) is 43.7 Å². The summed E-state index contributed by atoms with van der Waals surface area (Å²) in [5.41, 5.74) is 0.312. The number of halogens is 1. The van der Waals surface area contributed by atoms with Crippen LogP contribution in [-0.4, -0.2) is 34.9 Å². The molecular weight excluding hydrogens is 390 g/mol. The first kappa shape index (κ1) is 19.5. The van der Waals surface area contributed by atoms with Gasteiger partial charge in [-0.3, -0.25) is 14.2 Å². The lowest BCUT2D eigenvalue weighted by atomic mass is 10.2. The second kappa shape index (κ2) is 9.07. The molecular formula is C18H18ClN3O4S. The molecule has 0 fully saturated rings. The number of hydrogen-bond acceptors (Lipinski definition) is 6. The van der Waals surface area contributed by atoms with Gasteiger partial charge in [-0.1, -0.05) is 23.4 Å². The summed E-state index contributed by atoms with van der Waals surface area (Å²) in [5, 5.41) is 4.18. The Balaban J connectivity index is 1.78. The van der Waals surface area contributed by atoms with Crippen molar-refractivity contribution >= 4 is 40.2 Å². The minimum atomic E-state index is -0.188. The van der Waals surface area contributed by atoms with Crippen LogP contribution < -0.4 is 10.9 Å². The Kier molecular flexibility index (Phi) is 6.54. The molecule has 9 heteroatoms. The zero-order chi connectivity index (χ0) is 19.2. The normalized spacial score (nSPS) is 11.0. The van der Waals surface area contributed by atoms with Crippen LogP contribution in [0.3, 0.4) is 0 Å². The molecule has 0 radical (unpaired) electrons. The van der Waals surface area contributed by atoms with Gasteiger partial charge in [-0.25, -0.2) is 4.98 Å². The number of carbonyl (C=O) groups is 1. The highest BCUT2D eigenvalue weighted by molar-refractivity contribution is 7.99. The van der Waals surface area contributed by atoms with Gasteiger partial charge in [-0.2, -0.15) is 0 Å². The molecule has 2 aromatic heterocycles. The highest BCUT2D eigenvalue weighted by Crippen LogP contribution is 2.20. The van der Waals surface area contributed by atoms with Crippen LogP contribution in [0.2, 0.25) is 5.02 Å². The maximum absolute atomic E-state index is 12.8. The summed E-state index contributed by atoms with van der Waals surface area (Å²) in [6.45, 7) is 1.01. The third kappa shape index (κ3) is 4.91. The van der Waals surface area contributed by atoms with Crippen molar-refractivity contribution in [1.82, 2.24) is 14.9 Å². The number of ether oxygens (including phenoxy) is 1. The molecule has 27 heavy (non-hydrogen) atoms. The average Bonchev–Trinajstić information content (AvgIpc) is 3.17. The first-order valence-electron chi connectivity index (χ1n) is 8.19. The summed E-state index contributed by atoms with van der Waals surface area (Å²) in [4.78, 5) is 29.4. The topological polar surface area (TPSA) is 86.4 Å². The molecule has 0 atom stereocenters. The number of amides is 1. The lowest BCUT2D eigenvalue weighted by Crippen LogP contribution is -2.27. The minimum absolute atomic E-state index is 0.117. The number of methoxy groups -OCH3 is 1. The Bertz CT molecular complexity index is 988. The monoisotopic (exact) mass is 407 g/mol. The predicted octanol–water partition coefficient (Wildman–Crippen LogP) is 2.70. The standard InChI is InChI=1S/C18H18ClN3O4S/c1-25-8-6-22-17(24)14-5-4-12(19)9-15(14)21-18(22)27-11-16(23)20-10-13-3-2-7-26-13/h2-5,7,9H,6,8,10-11H2,1H3,(H,20,23). The van der Waals surface area contributed by atoms with Gasteiger partial charge in [0.05, 0.1) is 42.6 Å². The predicted molar refractivity (Wildman–Crippen MR) is 104 cm³/mol. The van der Waals surface area contributed by atoms with E-state index in [9.17, 15) is 9.59 Å². The number of benzene rings is 1. The number of thioether (sulfide) groups is 1. The summed E-state index contributed by atoms with van der Waals surface area (Å²) < 4.78 is 11.8. The number of fused-ring (bicyclic) bond motifs is 1. The molecule has 1 aromatic carbocycles. The summed E-state index contributed by atoms with van der Waals surface area (Å²) in [6.07, 6.45) is 1.55. The fourth-order valence-corrected chi connectivity index (χ4v) is 3.47. The Hall–Kier alpha value is -2.29. The molecule has 0 saturated heterocycles. The first-order chi connectivity index (χ1) is 13.1. The largest absolute Gasteiger partial charge is 0.467 e. The fourth-order valence-electron chi connectivity index (χ4n) is 2.44. The highest BCUT2D eigenvalue weighted by atomic mass is 35.5. The molecule has 0 aliphatic heterocycles. The first-order valence-corrected chi connectivity index (χ1v) is 9.56. The van der Waals surface area contributed by atoms with E-state index in [-0.39, 0.29) is 17.2 Å². The molecule has 0 aliphatic rings. The number of rotatable bonds is 8. The molecule has 0 aliphatic carbocycles. The number of aromatic nitrogens is 2. The molecule has 1 N–H and O–H groups in total. The molecule has 7 nitrogen and oxygen atoms in total. The Morgan fingerprint density at radius 3 is 3.00 bits per heavy atom. The van der Waals surface area contributed by atoms with Crippen LogP contribution >= 0.6 is 23.4 Å². The fraction of sp³-hybridized carbons (Fsp3) is 0.278. The van der Waals surface area contributed by atoms with Crippen molar-refractivity contribution in [3.05, 3.63) is 57.7 Å². The number of furan rings is 1. The third-order valence-corrected chi connectivity index (χ3v) is 4.99. The summed E-state index contributed by atoms with van der Waals surface area (Å²) >= 11 is 7.20. The molecule has 1 amide bonds. The number of nitrogens with one attached hydrogen (secondary N) is 1. The third-order valence-electron chi connectivity index (χ3n) is 3.77. The maximum Gasteiger partial charge on any atom is 0.262 e. The van der Waals surface area contributed by atoms with E-state index in [0.29, 0.717) is 46.5 Å². The van der Waals surface area contributed by atoms with Crippen molar-refractivity contribution in [2.45, 2.75) is 18.2 Å². The van der Waals surface area contributed by atoms with Crippen LogP contribution in [-0.2, 0) is 22.6 Å². The molecule has 3 aromatic rings. The average molecular weight is 408 g/mol. The van der Waals surface area contributed by atoms with Crippen molar-refractivity contribution in [2.75, 3.05) is 19.5 Å². The molecule has 3 rings (SSSR count). The van der Waals surface area contributed by atoms with Crippen molar-refractivity contribution in [3.63, 3.8) is 0 Å². The van der Waals surface area contributed by atoms with E-state index in [1.165, 1.54) is 16.3 Å².